The van der Waals surface area contributed by atoms with E-state index >= 15 is 0 Å². The first kappa shape index (κ1) is 7.98. The quantitative estimate of drug-likeness (QED) is 0.247. The molecule has 0 rings (SSSR count). The van der Waals surface area contributed by atoms with Crippen molar-refractivity contribution in [2.45, 2.75) is 0 Å². The van der Waals surface area contributed by atoms with E-state index in [1.165, 1.54) is 7.11 Å². The van der Waals surface area contributed by atoms with Crippen molar-refractivity contribution < 1.29 is 9.78 Å². The Bertz CT molecular complexity index is 125. The van der Waals surface area contributed by atoms with Crippen LogP contribution >= 0.6 is 0 Å². The Balaban J connectivity index is 3.49. The third kappa shape index (κ3) is 4.84. The molecule has 9 heavy (non-hydrogen) atoms. The SMILES string of the molecule is C=C/C=C\C(=C)OOC. The van der Waals surface area contributed by atoms with Gasteiger partial charge in [-0.25, -0.2) is 0 Å². The van der Waals surface area contributed by atoms with Crippen LogP contribution in [0.25, 0.3) is 0 Å². The van der Waals surface area contributed by atoms with Gasteiger partial charge in [-0.05, 0) is 6.08 Å². The van der Waals surface area contributed by atoms with E-state index in [1.807, 2.05) is 0 Å². The summed E-state index contributed by atoms with van der Waals surface area (Å²) in [6.45, 7) is 6.97. The Morgan fingerprint density at radius 1 is 1.56 bits per heavy atom. The van der Waals surface area contributed by atoms with E-state index in [-0.39, 0.29) is 0 Å². The van der Waals surface area contributed by atoms with Crippen LogP contribution in [0, 0.1) is 0 Å². The van der Waals surface area contributed by atoms with Gasteiger partial charge in [-0.1, -0.05) is 25.3 Å². The van der Waals surface area contributed by atoms with E-state index in [9.17, 15) is 0 Å². The van der Waals surface area contributed by atoms with Crippen molar-refractivity contribution in [2.75, 3.05) is 7.11 Å². The summed E-state index contributed by atoms with van der Waals surface area (Å²) >= 11 is 0. The Hall–Kier alpha value is -1.02. The highest BCUT2D eigenvalue weighted by atomic mass is 17.2. The smallest absolute Gasteiger partial charge is 0.158 e. The summed E-state index contributed by atoms with van der Waals surface area (Å²) in [5.74, 6) is 0.456. The Labute approximate surface area is 55.0 Å². The molecule has 0 saturated heterocycles. The fourth-order valence-electron chi connectivity index (χ4n) is 0.310. The summed E-state index contributed by atoms with van der Waals surface area (Å²) in [5.41, 5.74) is 0. The van der Waals surface area contributed by atoms with Gasteiger partial charge in [0.2, 0.25) is 0 Å². The summed E-state index contributed by atoms with van der Waals surface area (Å²) in [4.78, 5) is 8.83. The van der Waals surface area contributed by atoms with E-state index < -0.39 is 0 Å². The van der Waals surface area contributed by atoms with Crippen molar-refractivity contribution >= 4 is 0 Å². The van der Waals surface area contributed by atoms with Crippen LogP contribution in [-0.2, 0) is 9.78 Å². The van der Waals surface area contributed by atoms with Crippen LogP contribution in [0.2, 0.25) is 0 Å². The average molecular weight is 126 g/mol. The maximum absolute atomic E-state index is 4.51. The molecular formula is C7H10O2. The van der Waals surface area contributed by atoms with Crippen molar-refractivity contribution in [1.82, 2.24) is 0 Å². The van der Waals surface area contributed by atoms with Crippen molar-refractivity contribution in [1.29, 1.82) is 0 Å². The molecule has 0 radical (unpaired) electrons. The minimum absolute atomic E-state index is 0.456. The second kappa shape index (κ2) is 5.12. The van der Waals surface area contributed by atoms with E-state index in [1.54, 1.807) is 18.2 Å². The summed E-state index contributed by atoms with van der Waals surface area (Å²) in [6.07, 6.45) is 4.99. The maximum Gasteiger partial charge on any atom is 0.158 e. The van der Waals surface area contributed by atoms with Gasteiger partial charge in [0.1, 0.15) is 0 Å². The molecule has 2 heteroatoms. The molecule has 0 aliphatic carbocycles. The molecule has 0 aliphatic heterocycles. The van der Waals surface area contributed by atoms with Crippen LogP contribution < -0.4 is 0 Å². The van der Waals surface area contributed by atoms with E-state index in [0.717, 1.165) is 0 Å². The second-order valence-corrected chi connectivity index (χ2v) is 1.31. The number of rotatable bonds is 4. The van der Waals surface area contributed by atoms with E-state index in [4.69, 9.17) is 0 Å². The molecule has 0 bridgehead atoms. The van der Waals surface area contributed by atoms with Gasteiger partial charge in [0, 0.05) is 0 Å². The predicted octanol–water partition coefficient (Wildman–Crippen LogP) is 1.82. The Kier molecular flexibility index (Phi) is 4.54. The molecule has 0 N–H and O–H groups in total. The largest absolute Gasteiger partial charge is 0.338 e. The van der Waals surface area contributed by atoms with Gasteiger partial charge < -0.3 is 4.89 Å². The van der Waals surface area contributed by atoms with Gasteiger partial charge in [-0.2, -0.15) is 4.89 Å². The highest BCUT2D eigenvalue weighted by Gasteiger charge is 1.82. The standard InChI is InChI=1S/C7H10O2/c1-4-5-6-7(2)9-8-3/h4-6H,1-2H2,3H3/b6-5-. The number of allylic oxidation sites excluding steroid dienone is 3. The van der Waals surface area contributed by atoms with Crippen LogP contribution in [0.1, 0.15) is 0 Å². The number of hydrogen-bond donors (Lipinski definition) is 0. The van der Waals surface area contributed by atoms with Crippen LogP contribution in [-0.4, -0.2) is 7.11 Å². The first-order valence-electron chi connectivity index (χ1n) is 2.50. The summed E-state index contributed by atoms with van der Waals surface area (Å²) in [5, 5.41) is 0. The third-order valence-electron chi connectivity index (χ3n) is 0.609. The summed E-state index contributed by atoms with van der Waals surface area (Å²) < 4.78 is 0. The third-order valence-corrected chi connectivity index (χ3v) is 0.609. The molecule has 0 saturated carbocycles. The van der Waals surface area contributed by atoms with Gasteiger partial charge in [0.25, 0.3) is 0 Å². The molecule has 2 nitrogen and oxygen atoms in total. The maximum atomic E-state index is 4.51. The highest BCUT2D eigenvalue weighted by molar-refractivity contribution is 5.11. The molecule has 0 aromatic heterocycles. The zero-order valence-corrected chi connectivity index (χ0v) is 5.46. The lowest BCUT2D eigenvalue weighted by Crippen LogP contribution is -1.83. The van der Waals surface area contributed by atoms with E-state index in [2.05, 4.69) is 22.9 Å². The Morgan fingerprint density at radius 3 is 2.67 bits per heavy atom. The molecule has 0 spiro atoms. The zero-order valence-electron chi connectivity index (χ0n) is 5.46. The first-order valence-corrected chi connectivity index (χ1v) is 2.50. The fourth-order valence-corrected chi connectivity index (χ4v) is 0.310. The summed E-state index contributed by atoms with van der Waals surface area (Å²) in [6, 6.07) is 0. The monoisotopic (exact) mass is 126 g/mol. The van der Waals surface area contributed by atoms with Crippen LogP contribution in [0.15, 0.2) is 37.1 Å². The van der Waals surface area contributed by atoms with Gasteiger partial charge in [0.15, 0.2) is 5.76 Å². The number of hydrogen-bond acceptors (Lipinski definition) is 2. The molecule has 0 aliphatic rings. The van der Waals surface area contributed by atoms with Gasteiger partial charge in [-0.15, -0.1) is 0 Å². The van der Waals surface area contributed by atoms with Crippen molar-refractivity contribution in [3.05, 3.63) is 37.1 Å². The first-order chi connectivity index (χ1) is 4.31. The lowest BCUT2D eigenvalue weighted by Gasteiger charge is -1.95. The topological polar surface area (TPSA) is 18.5 Å². The molecule has 0 amide bonds. The van der Waals surface area contributed by atoms with E-state index in [0.29, 0.717) is 5.76 Å². The minimum Gasteiger partial charge on any atom is -0.338 e. The van der Waals surface area contributed by atoms with Crippen molar-refractivity contribution in [2.24, 2.45) is 0 Å². The van der Waals surface area contributed by atoms with Crippen LogP contribution in [0.4, 0.5) is 0 Å². The molecule has 0 unspecified atom stereocenters. The van der Waals surface area contributed by atoms with Gasteiger partial charge in [-0.3, -0.25) is 0 Å². The average Bonchev–Trinajstić information content (AvgIpc) is 1.85. The molecule has 0 aromatic rings. The lowest BCUT2D eigenvalue weighted by atomic mass is 10.4. The lowest BCUT2D eigenvalue weighted by molar-refractivity contribution is -0.232. The van der Waals surface area contributed by atoms with Crippen LogP contribution in [0.3, 0.4) is 0 Å². The molecule has 0 fully saturated rings. The van der Waals surface area contributed by atoms with Crippen molar-refractivity contribution in [3.8, 4) is 0 Å². The van der Waals surface area contributed by atoms with Crippen molar-refractivity contribution in [3.63, 3.8) is 0 Å². The molecule has 50 valence electrons. The Morgan fingerprint density at radius 2 is 2.22 bits per heavy atom. The van der Waals surface area contributed by atoms with Crippen LogP contribution in [0.5, 0.6) is 0 Å². The second-order valence-electron chi connectivity index (χ2n) is 1.31. The molecule has 0 aromatic carbocycles. The molecular weight excluding hydrogens is 116 g/mol. The fraction of sp³-hybridized carbons (Fsp3) is 0.143. The minimum atomic E-state index is 0.456. The van der Waals surface area contributed by atoms with Gasteiger partial charge >= 0.3 is 0 Å². The molecule has 0 heterocycles. The zero-order chi connectivity index (χ0) is 7.11. The summed E-state index contributed by atoms with van der Waals surface area (Å²) in [7, 11) is 1.42. The molecule has 0 atom stereocenters. The highest BCUT2D eigenvalue weighted by Crippen LogP contribution is 1.94. The normalized spacial score (nSPS) is 9.44. The van der Waals surface area contributed by atoms with Gasteiger partial charge in [0.05, 0.1) is 7.11 Å². The predicted molar refractivity (Wildman–Crippen MR) is 36.6 cm³/mol.